The molecule has 1 unspecified atom stereocenters. The van der Waals surface area contributed by atoms with E-state index in [1.807, 2.05) is 12.1 Å². The molecule has 1 aliphatic rings. The molecule has 3 rings (SSSR count). The van der Waals surface area contributed by atoms with Gasteiger partial charge in [0.1, 0.15) is 5.82 Å². The van der Waals surface area contributed by atoms with Gasteiger partial charge in [-0.05, 0) is 38.4 Å². The van der Waals surface area contributed by atoms with E-state index in [0.717, 1.165) is 30.0 Å². The van der Waals surface area contributed by atoms with E-state index in [2.05, 4.69) is 42.1 Å². The van der Waals surface area contributed by atoms with Crippen LogP contribution in [0.2, 0.25) is 0 Å². The van der Waals surface area contributed by atoms with Crippen LogP contribution in [-0.2, 0) is 6.61 Å². The van der Waals surface area contributed by atoms with E-state index in [1.54, 1.807) is 0 Å². The molecule has 2 heterocycles. The lowest BCUT2D eigenvalue weighted by molar-refractivity contribution is 0.277. The van der Waals surface area contributed by atoms with Crippen LogP contribution in [0.25, 0.3) is 10.8 Å². The minimum atomic E-state index is -0.00990. The monoisotopic (exact) mass is 285 g/mol. The first-order valence-electron chi connectivity index (χ1n) is 7.60. The van der Waals surface area contributed by atoms with Gasteiger partial charge in [0.2, 0.25) is 0 Å². The van der Waals surface area contributed by atoms with Crippen LogP contribution in [0.5, 0.6) is 0 Å². The Labute approximate surface area is 126 Å². The Balaban J connectivity index is 2.05. The van der Waals surface area contributed by atoms with Gasteiger partial charge in [-0.1, -0.05) is 24.3 Å². The Bertz CT molecular complexity index is 626. The van der Waals surface area contributed by atoms with Crippen molar-refractivity contribution in [2.24, 2.45) is 0 Å². The average molecular weight is 285 g/mol. The molecule has 1 aromatic carbocycles. The highest BCUT2D eigenvalue weighted by atomic mass is 16.3. The van der Waals surface area contributed by atoms with Crippen LogP contribution in [0.15, 0.2) is 30.3 Å². The van der Waals surface area contributed by atoms with Crippen molar-refractivity contribution in [3.05, 3.63) is 36.0 Å². The van der Waals surface area contributed by atoms with Gasteiger partial charge in [0.05, 0.1) is 12.3 Å². The van der Waals surface area contributed by atoms with Crippen molar-refractivity contribution in [3.8, 4) is 0 Å². The summed E-state index contributed by atoms with van der Waals surface area (Å²) in [7, 11) is 4.23. The quantitative estimate of drug-likeness (QED) is 0.935. The van der Waals surface area contributed by atoms with E-state index in [4.69, 9.17) is 4.98 Å². The van der Waals surface area contributed by atoms with Gasteiger partial charge < -0.3 is 14.9 Å². The third kappa shape index (κ3) is 2.87. The maximum absolute atomic E-state index is 9.49. The first-order chi connectivity index (χ1) is 10.2. The zero-order chi connectivity index (χ0) is 14.8. The summed E-state index contributed by atoms with van der Waals surface area (Å²) in [6.45, 7) is 2.08. The summed E-state index contributed by atoms with van der Waals surface area (Å²) in [5, 5.41) is 11.8. The molecule has 0 aliphatic carbocycles. The molecular weight excluding hydrogens is 262 g/mol. The molecule has 1 atom stereocenters. The number of anilines is 1. The zero-order valence-corrected chi connectivity index (χ0v) is 12.8. The molecule has 112 valence electrons. The second-order valence-corrected chi connectivity index (χ2v) is 6.07. The molecule has 1 aromatic heterocycles. The van der Waals surface area contributed by atoms with Crippen LogP contribution >= 0.6 is 0 Å². The molecule has 0 bridgehead atoms. The normalized spacial score (nSPS) is 18.9. The highest BCUT2D eigenvalue weighted by Crippen LogP contribution is 2.31. The van der Waals surface area contributed by atoms with Crippen molar-refractivity contribution in [3.63, 3.8) is 0 Å². The molecule has 2 aromatic rings. The highest BCUT2D eigenvalue weighted by Gasteiger charge is 2.27. The first kappa shape index (κ1) is 14.3. The van der Waals surface area contributed by atoms with Crippen molar-refractivity contribution in [2.45, 2.75) is 25.5 Å². The number of likely N-dealkylation sites (N-methyl/N-ethyl adjacent to an activating group) is 1. The maximum atomic E-state index is 9.49. The number of nitrogens with zero attached hydrogens (tertiary/aromatic N) is 3. The van der Waals surface area contributed by atoms with Crippen LogP contribution in [-0.4, -0.2) is 48.2 Å². The summed E-state index contributed by atoms with van der Waals surface area (Å²) in [5.41, 5.74) is 0.749. The second kappa shape index (κ2) is 6.00. The standard InChI is InChI=1S/C17H23N3O/c1-19(2)11-15-7-5-9-20(15)17-16-8-4-3-6-13(16)10-14(12-21)18-17/h3-4,6,8,10,15,21H,5,7,9,11-12H2,1-2H3. The minimum Gasteiger partial charge on any atom is -0.390 e. The predicted molar refractivity (Wildman–Crippen MR) is 86.6 cm³/mol. The molecule has 0 amide bonds. The lowest BCUT2D eigenvalue weighted by Gasteiger charge is -2.29. The summed E-state index contributed by atoms with van der Waals surface area (Å²) in [4.78, 5) is 9.37. The lowest BCUT2D eigenvalue weighted by Crippen LogP contribution is -2.38. The van der Waals surface area contributed by atoms with Gasteiger partial charge in [0.25, 0.3) is 0 Å². The van der Waals surface area contributed by atoms with Crippen LogP contribution in [0, 0.1) is 0 Å². The van der Waals surface area contributed by atoms with Gasteiger partial charge in [-0.15, -0.1) is 0 Å². The largest absolute Gasteiger partial charge is 0.390 e. The van der Waals surface area contributed by atoms with Crippen LogP contribution in [0.3, 0.4) is 0 Å². The average Bonchev–Trinajstić information content (AvgIpc) is 2.93. The van der Waals surface area contributed by atoms with Crippen molar-refractivity contribution >= 4 is 16.6 Å². The maximum Gasteiger partial charge on any atom is 0.137 e. The predicted octanol–water partition coefficient (Wildman–Crippen LogP) is 2.26. The fraction of sp³-hybridized carbons (Fsp3) is 0.471. The van der Waals surface area contributed by atoms with E-state index < -0.39 is 0 Å². The molecule has 0 saturated carbocycles. The number of pyridine rings is 1. The summed E-state index contributed by atoms with van der Waals surface area (Å²) < 4.78 is 0. The zero-order valence-electron chi connectivity index (χ0n) is 12.8. The summed E-state index contributed by atoms with van der Waals surface area (Å²) in [5.74, 6) is 1.03. The SMILES string of the molecule is CN(C)CC1CCCN1c1nc(CO)cc2ccccc12. The summed E-state index contributed by atoms with van der Waals surface area (Å²) in [6.07, 6.45) is 2.41. The smallest absolute Gasteiger partial charge is 0.137 e. The number of aliphatic hydroxyl groups is 1. The van der Waals surface area contributed by atoms with E-state index >= 15 is 0 Å². The molecule has 4 heteroatoms. The Kier molecular flexibility index (Phi) is 4.08. The van der Waals surface area contributed by atoms with Gasteiger partial charge >= 0.3 is 0 Å². The minimum absolute atomic E-state index is 0.00990. The number of aromatic nitrogens is 1. The Morgan fingerprint density at radius 3 is 2.90 bits per heavy atom. The lowest BCUT2D eigenvalue weighted by atomic mass is 10.1. The molecule has 0 radical (unpaired) electrons. The van der Waals surface area contributed by atoms with E-state index in [0.29, 0.717) is 6.04 Å². The van der Waals surface area contributed by atoms with Gasteiger partial charge in [-0.2, -0.15) is 0 Å². The van der Waals surface area contributed by atoms with Crippen LogP contribution in [0.4, 0.5) is 5.82 Å². The van der Waals surface area contributed by atoms with Crippen molar-refractivity contribution < 1.29 is 5.11 Å². The second-order valence-electron chi connectivity index (χ2n) is 6.07. The highest BCUT2D eigenvalue weighted by molar-refractivity contribution is 5.92. The number of fused-ring (bicyclic) bond motifs is 1. The van der Waals surface area contributed by atoms with Gasteiger partial charge in [0, 0.05) is 24.5 Å². The van der Waals surface area contributed by atoms with Crippen LogP contribution in [0.1, 0.15) is 18.5 Å². The van der Waals surface area contributed by atoms with Crippen molar-refractivity contribution in [1.29, 1.82) is 0 Å². The topological polar surface area (TPSA) is 39.6 Å². The molecule has 4 nitrogen and oxygen atoms in total. The van der Waals surface area contributed by atoms with Crippen molar-refractivity contribution in [1.82, 2.24) is 9.88 Å². The number of benzene rings is 1. The molecule has 1 N–H and O–H groups in total. The molecule has 1 fully saturated rings. The number of rotatable bonds is 4. The van der Waals surface area contributed by atoms with E-state index in [1.165, 1.54) is 18.2 Å². The summed E-state index contributed by atoms with van der Waals surface area (Å²) >= 11 is 0. The Hall–Kier alpha value is -1.65. The van der Waals surface area contributed by atoms with Crippen LogP contribution < -0.4 is 4.90 Å². The fourth-order valence-corrected chi connectivity index (χ4v) is 3.26. The Morgan fingerprint density at radius 1 is 1.33 bits per heavy atom. The van der Waals surface area contributed by atoms with E-state index in [-0.39, 0.29) is 6.61 Å². The molecular formula is C17H23N3O. The van der Waals surface area contributed by atoms with Gasteiger partial charge in [0.15, 0.2) is 0 Å². The Morgan fingerprint density at radius 2 is 2.14 bits per heavy atom. The van der Waals surface area contributed by atoms with Crippen molar-refractivity contribution in [2.75, 3.05) is 32.1 Å². The van der Waals surface area contributed by atoms with Gasteiger partial charge in [-0.3, -0.25) is 0 Å². The number of aliphatic hydroxyl groups excluding tert-OH is 1. The number of hydrogen-bond donors (Lipinski definition) is 1. The third-order valence-corrected chi connectivity index (χ3v) is 4.16. The molecule has 0 spiro atoms. The fourth-order valence-electron chi connectivity index (χ4n) is 3.26. The van der Waals surface area contributed by atoms with E-state index in [9.17, 15) is 5.11 Å². The summed E-state index contributed by atoms with van der Waals surface area (Å²) in [6, 6.07) is 10.8. The number of hydrogen-bond acceptors (Lipinski definition) is 4. The third-order valence-electron chi connectivity index (χ3n) is 4.16. The molecule has 1 saturated heterocycles. The molecule has 1 aliphatic heterocycles. The molecule has 21 heavy (non-hydrogen) atoms. The first-order valence-corrected chi connectivity index (χ1v) is 7.60. The van der Waals surface area contributed by atoms with Gasteiger partial charge in [-0.25, -0.2) is 4.98 Å².